The van der Waals surface area contributed by atoms with Crippen LogP contribution in [0.2, 0.25) is 0 Å². The van der Waals surface area contributed by atoms with Crippen LogP contribution in [-0.2, 0) is 11.2 Å². The van der Waals surface area contributed by atoms with Crippen LogP contribution in [0.5, 0.6) is 5.19 Å². The molecule has 1 amide bonds. The zero-order valence-corrected chi connectivity index (χ0v) is 17.3. The van der Waals surface area contributed by atoms with Crippen molar-refractivity contribution >= 4 is 27.5 Å². The molecule has 1 fully saturated rings. The Kier molecular flexibility index (Phi) is 5.62. The number of nitrogens with zero attached hydrogens (tertiary/aromatic N) is 2. The number of hydrogen-bond donors (Lipinski definition) is 0. The van der Waals surface area contributed by atoms with Crippen LogP contribution in [-0.4, -0.2) is 35.0 Å². The molecule has 0 aliphatic carbocycles. The van der Waals surface area contributed by atoms with E-state index in [4.69, 9.17) is 9.72 Å². The van der Waals surface area contributed by atoms with Gasteiger partial charge in [0, 0.05) is 32.4 Å². The Balaban J connectivity index is 1.30. The molecule has 0 saturated carbocycles. The molecule has 2 aromatic carbocycles. The van der Waals surface area contributed by atoms with E-state index < -0.39 is 0 Å². The molecule has 0 N–H and O–H groups in total. The van der Waals surface area contributed by atoms with E-state index in [2.05, 4.69) is 38.1 Å². The maximum atomic E-state index is 12.5. The second-order valence-corrected chi connectivity index (χ2v) is 8.50. The van der Waals surface area contributed by atoms with Gasteiger partial charge in [0.2, 0.25) is 5.91 Å². The molecule has 1 saturated heterocycles. The highest BCUT2D eigenvalue weighted by atomic mass is 32.1. The molecule has 2 heterocycles. The van der Waals surface area contributed by atoms with Gasteiger partial charge < -0.3 is 9.64 Å². The Morgan fingerprint density at radius 1 is 1.11 bits per heavy atom. The molecule has 3 aromatic rings. The molecule has 0 bridgehead atoms. The van der Waals surface area contributed by atoms with Crippen LogP contribution in [0.3, 0.4) is 0 Å². The summed E-state index contributed by atoms with van der Waals surface area (Å²) < 4.78 is 7.39. The summed E-state index contributed by atoms with van der Waals surface area (Å²) in [6.45, 7) is 5.73. The number of ether oxygens (including phenoxy) is 1. The SMILES string of the molecule is Cc1ccc(C)c2sc(OC3CCN(C(=O)CCc4ccccc4)CC3)nc12. The van der Waals surface area contributed by atoms with Crippen LogP contribution < -0.4 is 4.74 Å². The number of aryl methyl sites for hydroxylation is 3. The second-order valence-electron chi connectivity index (χ2n) is 7.54. The average Bonchev–Trinajstić information content (AvgIpc) is 3.15. The van der Waals surface area contributed by atoms with E-state index in [0.717, 1.165) is 43.1 Å². The third kappa shape index (κ3) is 4.20. The van der Waals surface area contributed by atoms with Crippen molar-refractivity contribution in [1.29, 1.82) is 0 Å². The molecule has 0 unspecified atom stereocenters. The third-order valence-corrected chi connectivity index (χ3v) is 6.54. The Bertz CT molecular complexity index is 920. The number of piperidine rings is 1. The number of carbonyl (C=O) groups excluding carboxylic acids is 1. The Morgan fingerprint density at radius 3 is 2.54 bits per heavy atom. The third-order valence-electron chi connectivity index (χ3n) is 5.46. The molecule has 146 valence electrons. The number of aromatic nitrogens is 1. The van der Waals surface area contributed by atoms with Gasteiger partial charge in [-0.1, -0.05) is 53.8 Å². The predicted octanol–water partition coefficient (Wildman–Crippen LogP) is 4.92. The Hall–Kier alpha value is -2.40. The van der Waals surface area contributed by atoms with Gasteiger partial charge in [-0.15, -0.1) is 0 Å². The predicted molar refractivity (Wildman–Crippen MR) is 114 cm³/mol. The van der Waals surface area contributed by atoms with Gasteiger partial charge in [-0.25, -0.2) is 4.98 Å². The largest absolute Gasteiger partial charge is 0.467 e. The minimum absolute atomic E-state index is 0.138. The van der Waals surface area contributed by atoms with E-state index in [1.54, 1.807) is 11.3 Å². The maximum absolute atomic E-state index is 12.5. The number of benzene rings is 2. The van der Waals surface area contributed by atoms with Gasteiger partial charge in [0.05, 0.1) is 10.2 Å². The van der Waals surface area contributed by atoms with Crippen molar-refractivity contribution in [1.82, 2.24) is 9.88 Å². The second kappa shape index (κ2) is 8.31. The lowest BCUT2D eigenvalue weighted by Crippen LogP contribution is -2.41. The molecule has 0 radical (unpaired) electrons. The molecule has 5 heteroatoms. The quantitative estimate of drug-likeness (QED) is 0.617. The Morgan fingerprint density at radius 2 is 1.82 bits per heavy atom. The minimum Gasteiger partial charge on any atom is -0.467 e. The summed E-state index contributed by atoms with van der Waals surface area (Å²) >= 11 is 1.63. The van der Waals surface area contributed by atoms with E-state index in [0.29, 0.717) is 6.42 Å². The monoisotopic (exact) mass is 394 g/mol. The molecule has 0 atom stereocenters. The summed E-state index contributed by atoms with van der Waals surface area (Å²) in [6, 6.07) is 14.5. The first-order chi connectivity index (χ1) is 13.6. The first-order valence-corrected chi connectivity index (χ1v) is 10.8. The van der Waals surface area contributed by atoms with Gasteiger partial charge in [-0.05, 0) is 37.0 Å². The normalized spacial score (nSPS) is 15.1. The van der Waals surface area contributed by atoms with Gasteiger partial charge in [-0.3, -0.25) is 4.79 Å². The lowest BCUT2D eigenvalue weighted by Gasteiger charge is -2.31. The van der Waals surface area contributed by atoms with Crippen molar-refractivity contribution in [3.63, 3.8) is 0 Å². The molecule has 1 aliphatic heterocycles. The smallest absolute Gasteiger partial charge is 0.274 e. The molecule has 4 rings (SSSR count). The van der Waals surface area contributed by atoms with Crippen molar-refractivity contribution in [2.45, 2.75) is 45.6 Å². The minimum atomic E-state index is 0.138. The van der Waals surface area contributed by atoms with E-state index in [9.17, 15) is 4.79 Å². The zero-order valence-electron chi connectivity index (χ0n) is 16.5. The van der Waals surface area contributed by atoms with Crippen LogP contribution in [0, 0.1) is 13.8 Å². The fourth-order valence-electron chi connectivity index (χ4n) is 3.71. The number of fused-ring (bicyclic) bond motifs is 1. The van der Waals surface area contributed by atoms with Crippen LogP contribution in [0.4, 0.5) is 0 Å². The van der Waals surface area contributed by atoms with Gasteiger partial charge in [0.15, 0.2) is 0 Å². The molecule has 1 aromatic heterocycles. The average molecular weight is 395 g/mol. The van der Waals surface area contributed by atoms with Gasteiger partial charge in [-0.2, -0.15) is 0 Å². The summed E-state index contributed by atoms with van der Waals surface area (Å²) in [5.74, 6) is 0.244. The van der Waals surface area contributed by atoms with Crippen molar-refractivity contribution in [2.24, 2.45) is 0 Å². The zero-order chi connectivity index (χ0) is 19.5. The van der Waals surface area contributed by atoms with Crippen LogP contribution in [0.25, 0.3) is 10.2 Å². The van der Waals surface area contributed by atoms with E-state index in [1.165, 1.54) is 21.4 Å². The molecular formula is C23H26N2O2S. The summed E-state index contributed by atoms with van der Waals surface area (Å²) in [5.41, 5.74) is 4.70. The Labute approximate surface area is 170 Å². The number of thiazole rings is 1. The first kappa shape index (κ1) is 18.9. The fourth-order valence-corrected chi connectivity index (χ4v) is 4.74. The number of hydrogen-bond acceptors (Lipinski definition) is 4. The topological polar surface area (TPSA) is 42.4 Å². The summed E-state index contributed by atoms with van der Waals surface area (Å²) in [4.78, 5) is 19.2. The van der Waals surface area contributed by atoms with Crippen molar-refractivity contribution in [3.05, 3.63) is 59.2 Å². The highest BCUT2D eigenvalue weighted by Crippen LogP contribution is 2.33. The number of carbonyl (C=O) groups is 1. The number of rotatable bonds is 5. The lowest BCUT2D eigenvalue weighted by molar-refractivity contribution is -0.132. The van der Waals surface area contributed by atoms with Crippen molar-refractivity contribution < 1.29 is 9.53 Å². The first-order valence-electron chi connectivity index (χ1n) is 9.95. The molecular weight excluding hydrogens is 368 g/mol. The van der Waals surface area contributed by atoms with Crippen LogP contribution in [0.15, 0.2) is 42.5 Å². The van der Waals surface area contributed by atoms with Crippen LogP contribution in [0.1, 0.15) is 36.0 Å². The fraction of sp³-hybridized carbons (Fsp3) is 0.391. The van der Waals surface area contributed by atoms with E-state index in [-0.39, 0.29) is 12.0 Å². The molecule has 28 heavy (non-hydrogen) atoms. The van der Waals surface area contributed by atoms with Crippen molar-refractivity contribution in [2.75, 3.05) is 13.1 Å². The van der Waals surface area contributed by atoms with Crippen LogP contribution >= 0.6 is 11.3 Å². The van der Waals surface area contributed by atoms with Gasteiger partial charge >= 0.3 is 0 Å². The van der Waals surface area contributed by atoms with E-state index >= 15 is 0 Å². The summed E-state index contributed by atoms with van der Waals surface area (Å²) in [5, 5.41) is 0.751. The van der Waals surface area contributed by atoms with E-state index in [1.807, 2.05) is 23.1 Å². The standard InChI is InChI=1S/C23H26N2O2S/c1-16-8-9-17(2)22-21(16)24-23(28-22)27-19-12-14-25(15-13-19)20(26)11-10-18-6-4-3-5-7-18/h3-9,19H,10-15H2,1-2H3. The molecule has 0 spiro atoms. The molecule has 4 nitrogen and oxygen atoms in total. The summed E-state index contributed by atoms with van der Waals surface area (Å²) in [7, 11) is 0. The highest BCUT2D eigenvalue weighted by molar-refractivity contribution is 7.20. The summed E-state index contributed by atoms with van der Waals surface area (Å²) in [6.07, 6.45) is 3.25. The molecule has 1 aliphatic rings. The maximum Gasteiger partial charge on any atom is 0.274 e. The van der Waals surface area contributed by atoms with Gasteiger partial charge in [0.1, 0.15) is 6.10 Å². The van der Waals surface area contributed by atoms with Gasteiger partial charge in [0.25, 0.3) is 5.19 Å². The number of amides is 1. The number of likely N-dealkylation sites (tertiary alicyclic amines) is 1. The lowest BCUT2D eigenvalue weighted by atomic mass is 10.1. The van der Waals surface area contributed by atoms with Crippen molar-refractivity contribution in [3.8, 4) is 5.19 Å². The highest BCUT2D eigenvalue weighted by Gasteiger charge is 2.24.